The van der Waals surface area contributed by atoms with Gasteiger partial charge in [-0.1, -0.05) is 0 Å². The van der Waals surface area contributed by atoms with Gasteiger partial charge in [0, 0.05) is 25.7 Å². The van der Waals surface area contributed by atoms with E-state index < -0.39 is 6.09 Å². The van der Waals surface area contributed by atoms with Crippen LogP contribution in [0.25, 0.3) is 0 Å². The summed E-state index contributed by atoms with van der Waals surface area (Å²) in [5.74, 6) is 0. The fourth-order valence-electron chi connectivity index (χ4n) is 1.13. The summed E-state index contributed by atoms with van der Waals surface area (Å²) in [4.78, 5) is 11.9. The van der Waals surface area contributed by atoms with E-state index in [0.29, 0.717) is 6.54 Å². The number of hydrogen-bond donors (Lipinski definition) is 2. The number of piperazine rings is 1. The molecule has 10 heavy (non-hydrogen) atoms. The summed E-state index contributed by atoms with van der Waals surface area (Å²) in [5.41, 5.74) is 0. The van der Waals surface area contributed by atoms with Gasteiger partial charge >= 0.3 is 6.09 Å². The topological polar surface area (TPSA) is 52.6 Å². The van der Waals surface area contributed by atoms with Crippen molar-refractivity contribution in [2.75, 3.05) is 19.6 Å². The SMILES string of the molecule is CC1CNCCN1C(=O)O. The molecule has 1 atom stereocenters. The van der Waals surface area contributed by atoms with E-state index in [4.69, 9.17) is 5.11 Å². The fraction of sp³-hybridized carbons (Fsp3) is 0.833. The monoisotopic (exact) mass is 144 g/mol. The molecule has 2 N–H and O–H groups in total. The van der Waals surface area contributed by atoms with Crippen molar-refractivity contribution in [1.29, 1.82) is 0 Å². The quantitative estimate of drug-likeness (QED) is 0.501. The lowest BCUT2D eigenvalue weighted by Crippen LogP contribution is -2.51. The fourth-order valence-corrected chi connectivity index (χ4v) is 1.13. The third kappa shape index (κ3) is 1.39. The molecule has 1 fully saturated rings. The third-order valence-electron chi connectivity index (χ3n) is 1.75. The molecule has 1 rings (SSSR count). The van der Waals surface area contributed by atoms with Gasteiger partial charge in [-0.05, 0) is 6.92 Å². The molecular weight excluding hydrogens is 132 g/mol. The van der Waals surface area contributed by atoms with Crippen LogP contribution in [0.2, 0.25) is 0 Å². The highest BCUT2D eigenvalue weighted by Gasteiger charge is 2.21. The summed E-state index contributed by atoms with van der Waals surface area (Å²) >= 11 is 0. The average Bonchev–Trinajstić information content (AvgIpc) is 1.88. The number of rotatable bonds is 0. The number of nitrogens with zero attached hydrogens (tertiary/aromatic N) is 1. The van der Waals surface area contributed by atoms with Crippen molar-refractivity contribution in [3.63, 3.8) is 0 Å². The molecule has 4 nitrogen and oxygen atoms in total. The van der Waals surface area contributed by atoms with E-state index >= 15 is 0 Å². The van der Waals surface area contributed by atoms with Crippen LogP contribution in [0.5, 0.6) is 0 Å². The van der Waals surface area contributed by atoms with Gasteiger partial charge in [-0.2, -0.15) is 0 Å². The maximum Gasteiger partial charge on any atom is 0.407 e. The predicted octanol–water partition coefficient (Wildman–Crippen LogP) is -0.0419. The minimum Gasteiger partial charge on any atom is -0.465 e. The Hall–Kier alpha value is -0.770. The molecule has 1 heterocycles. The Kier molecular flexibility index (Phi) is 2.11. The molecule has 58 valence electrons. The van der Waals surface area contributed by atoms with Crippen LogP contribution in [0.15, 0.2) is 0 Å². The first-order valence-corrected chi connectivity index (χ1v) is 3.42. The first-order valence-electron chi connectivity index (χ1n) is 3.42. The van der Waals surface area contributed by atoms with Crippen molar-refractivity contribution < 1.29 is 9.90 Å². The summed E-state index contributed by atoms with van der Waals surface area (Å²) in [6.07, 6.45) is -0.811. The Morgan fingerprint density at radius 1 is 1.80 bits per heavy atom. The molecule has 0 aromatic carbocycles. The minimum atomic E-state index is -0.811. The summed E-state index contributed by atoms with van der Waals surface area (Å²) in [7, 11) is 0. The van der Waals surface area contributed by atoms with Gasteiger partial charge in [-0.15, -0.1) is 0 Å². The van der Waals surface area contributed by atoms with Gasteiger partial charge in [0.2, 0.25) is 0 Å². The van der Waals surface area contributed by atoms with Crippen molar-refractivity contribution in [2.45, 2.75) is 13.0 Å². The van der Waals surface area contributed by atoms with Crippen LogP contribution < -0.4 is 5.32 Å². The smallest absolute Gasteiger partial charge is 0.407 e. The molecule has 0 radical (unpaired) electrons. The molecule has 1 unspecified atom stereocenters. The minimum absolute atomic E-state index is 0.117. The highest BCUT2D eigenvalue weighted by atomic mass is 16.4. The normalized spacial score (nSPS) is 26.5. The predicted molar refractivity (Wildman–Crippen MR) is 37.1 cm³/mol. The first-order chi connectivity index (χ1) is 4.72. The van der Waals surface area contributed by atoms with Crippen molar-refractivity contribution in [3.05, 3.63) is 0 Å². The average molecular weight is 144 g/mol. The lowest BCUT2D eigenvalue weighted by atomic mass is 10.2. The van der Waals surface area contributed by atoms with Gasteiger partial charge in [0.1, 0.15) is 0 Å². The Labute approximate surface area is 59.8 Å². The Bertz CT molecular complexity index is 138. The molecule has 0 aromatic heterocycles. The summed E-state index contributed by atoms with van der Waals surface area (Å²) in [5, 5.41) is 11.7. The van der Waals surface area contributed by atoms with Crippen LogP contribution >= 0.6 is 0 Å². The van der Waals surface area contributed by atoms with Gasteiger partial charge in [0.15, 0.2) is 0 Å². The van der Waals surface area contributed by atoms with Crippen LogP contribution in [0, 0.1) is 0 Å². The Morgan fingerprint density at radius 3 is 2.90 bits per heavy atom. The van der Waals surface area contributed by atoms with Gasteiger partial charge in [-0.25, -0.2) is 4.79 Å². The number of carbonyl (C=O) groups is 1. The number of carboxylic acid groups (broad SMARTS) is 1. The standard InChI is InChI=1S/C6H12N2O2/c1-5-4-7-2-3-8(5)6(9)10/h5,7H,2-4H2,1H3,(H,9,10). The summed E-state index contributed by atoms with van der Waals surface area (Å²) < 4.78 is 0. The first kappa shape index (κ1) is 7.34. The maximum atomic E-state index is 10.5. The molecule has 0 spiro atoms. The second-order valence-electron chi connectivity index (χ2n) is 2.53. The molecule has 1 aliphatic rings. The Morgan fingerprint density at radius 2 is 2.50 bits per heavy atom. The molecule has 0 saturated carbocycles. The van der Waals surface area contributed by atoms with E-state index in [9.17, 15) is 4.79 Å². The van der Waals surface area contributed by atoms with E-state index in [-0.39, 0.29) is 6.04 Å². The molecule has 0 aromatic rings. The van der Waals surface area contributed by atoms with Crippen molar-refractivity contribution in [1.82, 2.24) is 10.2 Å². The molecule has 0 bridgehead atoms. The van der Waals surface area contributed by atoms with Gasteiger partial charge < -0.3 is 15.3 Å². The van der Waals surface area contributed by atoms with Gasteiger partial charge in [0.05, 0.1) is 0 Å². The third-order valence-corrected chi connectivity index (χ3v) is 1.75. The lowest BCUT2D eigenvalue weighted by Gasteiger charge is -2.31. The lowest BCUT2D eigenvalue weighted by molar-refractivity contribution is 0.117. The second kappa shape index (κ2) is 2.88. The molecule has 1 aliphatic heterocycles. The highest BCUT2D eigenvalue weighted by molar-refractivity contribution is 5.65. The maximum absolute atomic E-state index is 10.5. The van der Waals surface area contributed by atoms with E-state index in [0.717, 1.165) is 13.1 Å². The molecule has 0 aliphatic carbocycles. The van der Waals surface area contributed by atoms with Crippen molar-refractivity contribution >= 4 is 6.09 Å². The second-order valence-corrected chi connectivity index (χ2v) is 2.53. The molecule has 1 amide bonds. The highest BCUT2D eigenvalue weighted by Crippen LogP contribution is 2.01. The van der Waals surface area contributed by atoms with Gasteiger partial charge in [0.25, 0.3) is 0 Å². The zero-order valence-electron chi connectivity index (χ0n) is 6.00. The van der Waals surface area contributed by atoms with Crippen LogP contribution in [0.3, 0.4) is 0 Å². The van der Waals surface area contributed by atoms with Gasteiger partial charge in [-0.3, -0.25) is 0 Å². The molecule has 1 saturated heterocycles. The van der Waals surface area contributed by atoms with Crippen LogP contribution in [-0.2, 0) is 0 Å². The van der Waals surface area contributed by atoms with E-state index in [1.165, 1.54) is 4.90 Å². The van der Waals surface area contributed by atoms with Crippen LogP contribution in [0.1, 0.15) is 6.92 Å². The van der Waals surface area contributed by atoms with Crippen LogP contribution in [-0.4, -0.2) is 41.8 Å². The number of hydrogen-bond acceptors (Lipinski definition) is 2. The summed E-state index contributed by atoms with van der Waals surface area (Å²) in [6, 6.07) is 0.117. The van der Waals surface area contributed by atoms with E-state index in [2.05, 4.69) is 5.32 Å². The summed E-state index contributed by atoms with van der Waals surface area (Å²) in [6.45, 7) is 4.06. The van der Waals surface area contributed by atoms with E-state index in [1.54, 1.807) is 0 Å². The van der Waals surface area contributed by atoms with Crippen molar-refractivity contribution in [3.8, 4) is 0 Å². The van der Waals surface area contributed by atoms with Crippen molar-refractivity contribution in [2.24, 2.45) is 0 Å². The Balaban J connectivity index is 2.47. The zero-order valence-corrected chi connectivity index (χ0v) is 6.00. The molecule has 4 heteroatoms. The van der Waals surface area contributed by atoms with E-state index in [1.807, 2.05) is 6.92 Å². The molecular formula is C6H12N2O2. The number of nitrogens with one attached hydrogen (secondary N) is 1. The zero-order chi connectivity index (χ0) is 7.56. The number of amides is 1. The largest absolute Gasteiger partial charge is 0.465 e. The van der Waals surface area contributed by atoms with Crippen LogP contribution in [0.4, 0.5) is 4.79 Å².